The molecule has 0 saturated heterocycles. The topological polar surface area (TPSA) is 78.9 Å². The van der Waals surface area contributed by atoms with E-state index in [-0.39, 0.29) is 38.0 Å². The fraction of sp³-hybridized carbons (Fsp3) is 0.597. The zero-order valence-corrected chi connectivity index (χ0v) is 46.8. The Kier molecular flexibility index (Phi) is 56.0. The quantitative estimate of drug-likeness (QED) is 0.0261. The molecule has 0 aromatic heterocycles. The molecule has 0 heterocycles. The Bertz CT molecular complexity index is 1630. The van der Waals surface area contributed by atoms with Crippen LogP contribution < -0.4 is 0 Å². The van der Waals surface area contributed by atoms with E-state index in [1.807, 2.05) is 24.3 Å². The second-order valence-corrected chi connectivity index (χ2v) is 18.8. The molecule has 0 aromatic rings. The number of rotatable bonds is 51. The monoisotopic (exact) mass is 1010 g/mol. The molecule has 410 valence electrons. The standard InChI is InChI=1S/C67H106O6/c1-4-7-10-13-16-19-22-25-28-31-33-36-39-42-45-48-51-54-57-60-66(69)72-63-64(62-71-65(68)59-56-53-50-47-44-41-38-35-30-27-24-21-18-15-12-9-6-3)73-67(70)61-58-55-52-49-46-43-40-37-34-32-29-26-23-20-17-14-11-8-5-2/h7-8,10-11,16-17,19-20,25-26,28-29,33-34,36-37,42-43,45-46,51-52,54-55,64H,4-6,9,12-15,18,21-24,27,30-32,35,38-41,44,47-50,53,56-63H2,1-3H3/b10-7-,11-8-,19-16-,20-17-,28-25-,29-26-,36-33-,37-34-,45-42-,46-43-,54-51-,55-52-/t64-/m1/s1. The maximum absolute atomic E-state index is 12.8. The van der Waals surface area contributed by atoms with Gasteiger partial charge in [0.15, 0.2) is 6.10 Å². The summed E-state index contributed by atoms with van der Waals surface area (Å²) in [5.41, 5.74) is 0. The number of ether oxygens (including phenoxy) is 3. The molecule has 0 aromatic carbocycles. The van der Waals surface area contributed by atoms with Crippen molar-refractivity contribution in [2.75, 3.05) is 13.2 Å². The Labute approximate surface area is 448 Å². The largest absolute Gasteiger partial charge is 0.462 e. The van der Waals surface area contributed by atoms with Gasteiger partial charge in [-0.3, -0.25) is 14.4 Å². The van der Waals surface area contributed by atoms with Crippen molar-refractivity contribution < 1.29 is 28.6 Å². The first-order valence-corrected chi connectivity index (χ1v) is 29.3. The smallest absolute Gasteiger partial charge is 0.306 e. The first-order chi connectivity index (χ1) is 36.0. The van der Waals surface area contributed by atoms with Crippen LogP contribution in [0, 0.1) is 0 Å². The normalized spacial score (nSPS) is 13.2. The van der Waals surface area contributed by atoms with Gasteiger partial charge < -0.3 is 14.2 Å². The summed E-state index contributed by atoms with van der Waals surface area (Å²) >= 11 is 0. The lowest BCUT2D eigenvalue weighted by atomic mass is 10.0. The molecule has 0 aliphatic heterocycles. The summed E-state index contributed by atoms with van der Waals surface area (Å²) < 4.78 is 16.7. The Morgan fingerprint density at radius 3 is 0.836 bits per heavy atom. The summed E-state index contributed by atoms with van der Waals surface area (Å²) in [4.78, 5) is 38.1. The number of esters is 3. The molecular weight excluding hydrogens is 901 g/mol. The molecule has 0 fully saturated rings. The van der Waals surface area contributed by atoms with Gasteiger partial charge in [0.25, 0.3) is 0 Å². The van der Waals surface area contributed by atoms with E-state index >= 15 is 0 Å². The van der Waals surface area contributed by atoms with E-state index in [4.69, 9.17) is 14.2 Å². The van der Waals surface area contributed by atoms with Gasteiger partial charge in [-0.15, -0.1) is 0 Å². The van der Waals surface area contributed by atoms with E-state index < -0.39 is 12.1 Å². The molecule has 6 heteroatoms. The van der Waals surface area contributed by atoms with Crippen molar-refractivity contribution in [3.8, 4) is 0 Å². The van der Waals surface area contributed by atoms with Crippen molar-refractivity contribution in [1.29, 1.82) is 0 Å². The van der Waals surface area contributed by atoms with Gasteiger partial charge in [0, 0.05) is 19.3 Å². The second-order valence-electron chi connectivity index (χ2n) is 18.8. The van der Waals surface area contributed by atoms with E-state index in [0.29, 0.717) is 19.3 Å². The zero-order valence-electron chi connectivity index (χ0n) is 46.8. The van der Waals surface area contributed by atoms with Gasteiger partial charge in [0.1, 0.15) is 13.2 Å². The van der Waals surface area contributed by atoms with Crippen molar-refractivity contribution in [1.82, 2.24) is 0 Å². The zero-order chi connectivity index (χ0) is 52.9. The van der Waals surface area contributed by atoms with Crippen molar-refractivity contribution in [2.24, 2.45) is 0 Å². The van der Waals surface area contributed by atoms with Gasteiger partial charge in [0.05, 0.1) is 0 Å². The minimum atomic E-state index is -0.855. The summed E-state index contributed by atoms with van der Waals surface area (Å²) in [7, 11) is 0. The van der Waals surface area contributed by atoms with E-state index in [1.54, 1.807) is 0 Å². The Morgan fingerprint density at radius 2 is 0.534 bits per heavy atom. The van der Waals surface area contributed by atoms with Crippen molar-refractivity contribution in [3.05, 3.63) is 146 Å². The van der Waals surface area contributed by atoms with Crippen LogP contribution in [0.4, 0.5) is 0 Å². The molecule has 0 amide bonds. The van der Waals surface area contributed by atoms with Gasteiger partial charge in [-0.1, -0.05) is 269 Å². The van der Waals surface area contributed by atoms with Crippen LogP contribution in [0.1, 0.15) is 239 Å². The fourth-order valence-electron chi connectivity index (χ4n) is 7.55. The van der Waals surface area contributed by atoms with Crippen molar-refractivity contribution in [3.63, 3.8) is 0 Å². The lowest BCUT2D eigenvalue weighted by Gasteiger charge is -2.18. The lowest BCUT2D eigenvalue weighted by Crippen LogP contribution is -2.30. The maximum atomic E-state index is 12.8. The molecule has 0 aliphatic carbocycles. The van der Waals surface area contributed by atoms with Gasteiger partial charge in [0.2, 0.25) is 0 Å². The summed E-state index contributed by atoms with van der Waals surface area (Å²) in [5.74, 6) is -1.11. The Balaban J connectivity index is 4.62. The predicted molar refractivity (Wildman–Crippen MR) is 315 cm³/mol. The Hall–Kier alpha value is -4.71. The first kappa shape index (κ1) is 68.3. The molecule has 0 N–H and O–H groups in total. The van der Waals surface area contributed by atoms with Gasteiger partial charge >= 0.3 is 17.9 Å². The molecule has 0 unspecified atom stereocenters. The summed E-state index contributed by atoms with van der Waals surface area (Å²) in [6.07, 6.45) is 85.8. The molecule has 0 radical (unpaired) electrons. The maximum Gasteiger partial charge on any atom is 0.306 e. The molecule has 6 nitrogen and oxygen atoms in total. The predicted octanol–water partition coefficient (Wildman–Crippen LogP) is 20.0. The minimum absolute atomic E-state index is 0.135. The van der Waals surface area contributed by atoms with E-state index in [2.05, 4.69) is 142 Å². The van der Waals surface area contributed by atoms with Crippen LogP contribution in [0.25, 0.3) is 0 Å². The van der Waals surface area contributed by atoms with Crippen LogP contribution >= 0.6 is 0 Å². The molecule has 0 spiro atoms. The van der Waals surface area contributed by atoms with E-state index in [9.17, 15) is 14.4 Å². The summed E-state index contributed by atoms with van der Waals surface area (Å²) in [6.45, 7) is 6.29. The van der Waals surface area contributed by atoms with Gasteiger partial charge in [-0.2, -0.15) is 0 Å². The highest BCUT2D eigenvalue weighted by atomic mass is 16.6. The number of hydrogen-bond acceptors (Lipinski definition) is 6. The summed E-state index contributed by atoms with van der Waals surface area (Å²) in [6, 6.07) is 0. The first-order valence-electron chi connectivity index (χ1n) is 29.3. The third-order valence-corrected chi connectivity index (χ3v) is 11.9. The SMILES string of the molecule is CC/C=C\C/C=C\C/C=C\C/C=C\C/C=C\C/C=C\CCC(=O)OC[C@@H](COC(=O)CCCCCCCCCCCCCCCCCCC)OC(=O)CC/C=C\C/C=C\C/C=C\C/C=C\C/C=C\C/C=C\CC. The van der Waals surface area contributed by atoms with Crippen molar-refractivity contribution in [2.45, 2.75) is 245 Å². The number of carbonyl (C=O) groups is 3. The molecular formula is C67H106O6. The highest BCUT2D eigenvalue weighted by molar-refractivity contribution is 5.71. The number of unbranched alkanes of at least 4 members (excludes halogenated alkanes) is 16. The third-order valence-electron chi connectivity index (χ3n) is 11.9. The number of allylic oxidation sites excluding steroid dienone is 24. The van der Waals surface area contributed by atoms with Crippen LogP contribution in [0.5, 0.6) is 0 Å². The van der Waals surface area contributed by atoms with Crippen LogP contribution in [0.3, 0.4) is 0 Å². The molecule has 1 atom stereocenters. The second kappa shape index (κ2) is 59.8. The lowest BCUT2D eigenvalue weighted by molar-refractivity contribution is -0.166. The molecule has 0 bridgehead atoms. The average molecular weight is 1010 g/mol. The van der Waals surface area contributed by atoms with Crippen LogP contribution in [0.2, 0.25) is 0 Å². The average Bonchev–Trinajstić information content (AvgIpc) is 3.39. The molecule has 0 rings (SSSR count). The van der Waals surface area contributed by atoms with E-state index in [0.717, 1.165) is 96.3 Å². The Morgan fingerprint density at radius 1 is 0.288 bits per heavy atom. The van der Waals surface area contributed by atoms with Crippen LogP contribution in [-0.2, 0) is 28.6 Å². The van der Waals surface area contributed by atoms with Crippen molar-refractivity contribution >= 4 is 17.9 Å². The van der Waals surface area contributed by atoms with E-state index in [1.165, 1.54) is 89.9 Å². The number of carbonyl (C=O) groups excluding carboxylic acids is 3. The number of hydrogen-bond donors (Lipinski definition) is 0. The molecule has 73 heavy (non-hydrogen) atoms. The third kappa shape index (κ3) is 58.1. The van der Waals surface area contributed by atoms with Crippen LogP contribution in [-0.4, -0.2) is 37.2 Å². The fourth-order valence-corrected chi connectivity index (χ4v) is 7.55. The molecule has 0 aliphatic rings. The highest BCUT2D eigenvalue weighted by Gasteiger charge is 2.19. The van der Waals surface area contributed by atoms with Gasteiger partial charge in [-0.25, -0.2) is 0 Å². The molecule has 0 saturated carbocycles. The van der Waals surface area contributed by atoms with Crippen LogP contribution in [0.15, 0.2) is 146 Å². The highest BCUT2D eigenvalue weighted by Crippen LogP contribution is 2.15. The van der Waals surface area contributed by atoms with Gasteiger partial charge in [-0.05, 0) is 96.3 Å². The summed E-state index contributed by atoms with van der Waals surface area (Å²) in [5, 5.41) is 0. The minimum Gasteiger partial charge on any atom is -0.462 e.